The smallest absolute Gasteiger partial charge is 0.407 e. The fourth-order valence-electron chi connectivity index (χ4n) is 3.93. The minimum absolute atomic E-state index is 0.130. The molecule has 6 nitrogen and oxygen atoms in total. The molecule has 2 heterocycles. The number of carboxylic acid groups (broad SMARTS) is 1. The van der Waals surface area contributed by atoms with Gasteiger partial charge in [0.2, 0.25) is 0 Å². The van der Waals surface area contributed by atoms with Crippen LogP contribution in [-0.2, 0) is 0 Å². The van der Waals surface area contributed by atoms with Crippen LogP contribution in [0.15, 0.2) is 48.5 Å². The van der Waals surface area contributed by atoms with Crippen molar-refractivity contribution in [2.75, 3.05) is 19.6 Å². The Morgan fingerprint density at radius 3 is 2.53 bits per heavy atom. The van der Waals surface area contributed by atoms with Crippen molar-refractivity contribution in [1.29, 1.82) is 0 Å². The van der Waals surface area contributed by atoms with Gasteiger partial charge >= 0.3 is 6.09 Å². The predicted molar refractivity (Wildman–Crippen MR) is 117 cm³/mol. The molecule has 1 aromatic heterocycles. The SMILES string of the molecule is Cc1c(-c2ccccc2)nc2cc(C(=O)N3CCN(C(=O)O)CC3C)ccc2c1Cl. The standard InChI is InChI=1S/C23H22ClN3O3/c1-14-13-26(23(29)30)10-11-27(14)22(28)17-8-9-18-19(12-17)25-21(15(2)20(18)24)16-6-4-3-5-7-16/h3-9,12,14H,10-11,13H2,1-2H3,(H,29,30). The van der Waals surface area contributed by atoms with Gasteiger partial charge in [-0.25, -0.2) is 9.78 Å². The van der Waals surface area contributed by atoms with Crippen LogP contribution in [0.2, 0.25) is 5.02 Å². The lowest BCUT2D eigenvalue weighted by Gasteiger charge is -2.38. The second-order valence-electron chi connectivity index (χ2n) is 7.57. The van der Waals surface area contributed by atoms with Crippen molar-refractivity contribution in [3.05, 3.63) is 64.7 Å². The molecule has 154 valence electrons. The summed E-state index contributed by atoms with van der Waals surface area (Å²) in [6.45, 7) is 4.78. The number of pyridine rings is 1. The Morgan fingerprint density at radius 1 is 1.13 bits per heavy atom. The summed E-state index contributed by atoms with van der Waals surface area (Å²) in [5, 5.41) is 10.6. The average Bonchev–Trinajstić information content (AvgIpc) is 2.76. The van der Waals surface area contributed by atoms with Gasteiger partial charge in [0.05, 0.1) is 16.2 Å². The van der Waals surface area contributed by atoms with E-state index in [1.54, 1.807) is 17.0 Å². The third-order valence-electron chi connectivity index (χ3n) is 5.60. The molecule has 2 amide bonds. The van der Waals surface area contributed by atoms with Crippen LogP contribution < -0.4 is 0 Å². The number of amides is 2. The number of aromatic nitrogens is 1. The van der Waals surface area contributed by atoms with Crippen LogP contribution in [0.25, 0.3) is 22.2 Å². The van der Waals surface area contributed by atoms with Crippen LogP contribution in [0.5, 0.6) is 0 Å². The van der Waals surface area contributed by atoms with E-state index in [1.807, 2.05) is 50.2 Å². The summed E-state index contributed by atoms with van der Waals surface area (Å²) in [6.07, 6.45) is -0.956. The minimum Gasteiger partial charge on any atom is -0.465 e. The summed E-state index contributed by atoms with van der Waals surface area (Å²) in [7, 11) is 0. The maximum atomic E-state index is 13.1. The molecule has 4 rings (SSSR count). The predicted octanol–water partition coefficient (Wildman–Crippen LogP) is 4.69. The van der Waals surface area contributed by atoms with E-state index in [0.717, 1.165) is 22.2 Å². The highest BCUT2D eigenvalue weighted by Gasteiger charge is 2.30. The first-order valence-corrected chi connectivity index (χ1v) is 10.2. The Hall–Kier alpha value is -3.12. The summed E-state index contributed by atoms with van der Waals surface area (Å²) >= 11 is 6.63. The number of halogens is 1. The molecular weight excluding hydrogens is 402 g/mol. The fraction of sp³-hybridized carbons (Fsp3) is 0.261. The van der Waals surface area contributed by atoms with Gasteiger partial charge in [-0.1, -0.05) is 48.0 Å². The van der Waals surface area contributed by atoms with Crippen LogP contribution in [-0.4, -0.2) is 57.6 Å². The normalized spacial score (nSPS) is 16.7. The van der Waals surface area contributed by atoms with Crippen LogP contribution in [0, 0.1) is 6.92 Å². The number of carbonyl (C=O) groups is 2. The molecule has 2 aromatic carbocycles. The zero-order chi connectivity index (χ0) is 21.4. The highest BCUT2D eigenvalue weighted by atomic mass is 35.5. The molecule has 30 heavy (non-hydrogen) atoms. The number of nitrogens with zero attached hydrogens (tertiary/aromatic N) is 3. The van der Waals surface area contributed by atoms with Crippen molar-refractivity contribution < 1.29 is 14.7 Å². The molecule has 1 atom stereocenters. The van der Waals surface area contributed by atoms with E-state index < -0.39 is 6.09 Å². The van der Waals surface area contributed by atoms with Crippen molar-refractivity contribution in [3.63, 3.8) is 0 Å². The third kappa shape index (κ3) is 3.59. The number of hydrogen-bond acceptors (Lipinski definition) is 3. The first-order valence-electron chi connectivity index (χ1n) is 9.81. The molecule has 0 aliphatic carbocycles. The highest BCUT2D eigenvalue weighted by molar-refractivity contribution is 6.36. The van der Waals surface area contributed by atoms with E-state index in [0.29, 0.717) is 35.7 Å². The van der Waals surface area contributed by atoms with Gasteiger partial charge in [0.25, 0.3) is 5.91 Å². The topological polar surface area (TPSA) is 73.7 Å². The lowest BCUT2D eigenvalue weighted by Crippen LogP contribution is -2.55. The number of hydrogen-bond donors (Lipinski definition) is 1. The van der Waals surface area contributed by atoms with Crippen LogP contribution in [0.1, 0.15) is 22.8 Å². The number of rotatable bonds is 2. The van der Waals surface area contributed by atoms with Gasteiger partial charge in [0.1, 0.15) is 0 Å². The van der Waals surface area contributed by atoms with Crippen molar-refractivity contribution >= 4 is 34.5 Å². The molecule has 0 bridgehead atoms. The summed E-state index contributed by atoms with van der Waals surface area (Å²) in [4.78, 5) is 32.2. The summed E-state index contributed by atoms with van der Waals surface area (Å²) in [5.74, 6) is -0.130. The van der Waals surface area contributed by atoms with Crippen molar-refractivity contribution in [1.82, 2.24) is 14.8 Å². The van der Waals surface area contributed by atoms with Crippen LogP contribution in [0.4, 0.5) is 4.79 Å². The molecule has 1 saturated heterocycles. The number of fused-ring (bicyclic) bond motifs is 1. The van der Waals surface area contributed by atoms with Gasteiger partial charge < -0.3 is 14.9 Å². The van der Waals surface area contributed by atoms with Gasteiger partial charge in [-0.05, 0) is 31.5 Å². The first-order chi connectivity index (χ1) is 14.4. The number of benzene rings is 2. The maximum Gasteiger partial charge on any atom is 0.407 e. The van der Waals surface area contributed by atoms with Crippen LogP contribution in [0.3, 0.4) is 0 Å². The Morgan fingerprint density at radius 2 is 1.87 bits per heavy atom. The van der Waals surface area contributed by atoms with E-state index >= 15 is 0 Å². The average molecular weight is 424 g/mol. The highest BCUT2D eigenvalue weighted by Crippen LogP contribution is 2.33. The maximum absolute atomic E-state index is 13.1. The molecule has 3 aromatic rings. The lowest BCUT2D eigenvalue weighted by atomic mass is 10.0. The van der Waals surface area contributed by atoms with Crippen molar-refractivity contribution in [2.45, 2.75) is 19.9 Å². The summed E-state index contributed by atoms with van der Waals surface area (Å²) < 4.78 is 0. The Labute approximate surface area is 179 Å². The fourth-order valence-corrected chi connectivity index (χ4v) is 4.18. The monoisotopic (exact) mass is 423 g/mol. The van der Waals surface area contributed by atoms with Gasteiger partial charge in [0, 0.05) is 42.2 Å². The van der Waals surface area contributed by atoms with E-state index in [-0.39, 0.29) is 11.9 Å². The second kappa shape index (κ2) is 7.95. The van der Waals surface area contributed by atoms with Crippen molar-refractivity contribution in [2.24, 2.45) is 0 Å². The molecular formula is C23H22ClN3O3. The van der Waals surface area contributed by atoms with Gasteiger partial charge in [0.15, 0.2) is 0 Å². The summed E-state index contributed by atoms with van der Waals surface area (Å²) in [5.41, 5.74) is 3.83. The van der Waals surface area contributed by atoms with Crippen LogP contribution >= 0.6 is 11.6 Å². The van der Waals surface area contributed by atoms with E-state index in [1.165, 1.54) is 4.90 Å². The van der Waals surface area contributed by atoms with Gasteiger partial charge in [-0.3, -0.25) is 4.79 Å². The lowest BCUT2D eigenvalue weighted by molar-refractivity contribution is 0.0484. The minimum atomic E-state index is -0.956. The molecule has 1 N–H and O–H groups in total. The Kier molecular flexibility index (Phi) is 5.35. The molecule has 0 radical (unpaired) electrons. The molecule has 1 fully saturated rings. The molecule has 1 unspecified atom stereocenters. The van der Waals surface area contributed by atoms with Gasteiger partial charge in [-0.2, -0.15) is 0 Å². The zero-order valence-electron chi connectivity index (χ0n) is 16.8. The second-order valence-corrected chi connectivity index (χ2v) is 7.95. The molecule has 7 heteroatoms. The largest absolute Gasteiger partial charge is 0.465 e. The molecule has 1 aliphatic heterocycles. The third-order valence-corrected chi connectivity index (χ3v) is 6.09. The Balaban J connectivity index is 1.70. The molecule has 0 saturated carbocycles. The summed E-state index contributed by atoms with van der Waals surface area (Å²) in [6, 6.07) is 15.0. The van der Waals surface area contributed by atoms with E-state index in [4.69, 9.17) is 16.6 Å². The Bertz CT molecular complexity index is 1130. The number of piperazine rings is 1. The van der Waals surface area contributed by atoms with Gasteiger partial charge in [-0.15, -0.1) is 0 Å². The number of carbonyl (C=O) groups excluding carboxylic acids is 1. The van der Waals surface area contributed by atoms with E-state index in [9.17, 15) is 14.7 Å². The van der Waals surface area contributed by atoms with Crippen molar-refractivity contribution in [3.8, 4) is 11.3 Å². The molecule has 1 aliphatic rings. The zero-order valence-corrected chi connectivity index (χ0v) is 17.6. The van der Waals surface area contributed by atoms with E-state index in [2.05, 4.69) is 0 Å². The molecule has 0 spiro atoms. The quantitative estimate of drug-likeness (QED) is 0.649. The first kappa shape index (κ1) is 20.2.